The molecule has 244 valence electrons. The number of nitrogens with one attached hydrogen (secondary N) is 1. The minimum atomic E-state index is -5.01. The van der Waals surface area contributed by atoms with Gasteiger partial charge in [-0.05, 0) is 57.2 Å². The van der Waals surface area contributed by atoms with Crippen LogP contribution in [0.2, 0.25) is 0 Å². The summed E-state index contributed by atoms with van der Waals surface area (Å²) < 4.78 is 40.9. The van der Waals surface area contributed by atoms with E-state index >= 15 is 0 Å². The van der Waals surface area contributed by atoms with Crippen LogP contribution in [0.1, 0.15) is 56.8 Å². The van der Waals surface area contributed by atoms with Crippen LogP contribution in [0.3, 0.4) is 0 Å². The third-order valence-corrected chi connectivity index (χ3v) is 8.07. The number of nitrogen functional groups attached to an aromatic ring is 1. The van der Waals surface area contributed by atoms with Gasteiger partial charge in [-0.2, -0.15) is 13.5 Å². The molecular formula is C26H33N7O10S2. The molecule has 7 N–H and O–H groups in total. The molecule has 19 heteroatoms. The average Bonchev–Trinajstić information content (AvgIpc) is 3.66. The summed E-state index contributed by atoms with van der Waals surface area (Å²) in [5.74, 6) is -3.11. The van der Waals surface area contributed by atoms with Crippen molar-refractivity contribution in [2.24, 2.45) is 15.9 Å². The van der Waals surface area contributed by atoms with Crippen LogP contribution in [0.5, 0.6) is 5.75 Å². The number of ether oxygens (including phenoxy) is 1. The zero-order valence-corrected chi connectivity index (χ0v) is 25.9. The van der Waals surface area contributed by atoms with Crippen LogP contribution in [0, 0.1) is 0 Å². The molecule has 4 rings (SSSR count). The number of hydrogen-bond donors (Lipinski definition) is 5. The minimum absolute atomic E-state index is 0.0619. The van der Waals surface area contributed by atoms with Crippen LogP contribution in [0.15, 0.2) is 39.8 Å². The number of hydroxylamine groups is 2. The Kier molecular flexibility index (Phi) is 10.4. The first-order valence-electron chi connectivity index (χ1n) is 13.7. The molecule has 0 aliphatic carbocycles. The summed E-state index contributed by atoms with van der Waals surface area (Å²) in [6.07, 6.45) is 1.99. The molecular weight excluding hydrogens is 634 g/mol. The van der Waals surface area contributed by atoms with Crippen molar-refractivity contribution in [3.63, 3.8) is 0 Å². The third-order valence-electron chi connectivity index (χ3n) is 7.06. The molecule has 1 aromatic heterocycles. The van der Waals surface area contributed by atoms with Crippen LogP contribution in [0.4, 0.5) is 5.13 Å². The normalized spacial score (nSPS) is 19.3. The number of amides is 2. The fourth-order valence-electron chi connectivity index (χ4n) is 4.56. The van der Waals surface area contributed by atoms with Gasteiger partial charge >= 0.3 is 16.4 Å². The van der Waals surface area contributed by atoms with Crippen LogP contribution in [-0.4, -0.2) is 88.2 Å². The van der Waals surface area contributed by atoms with E-state index in [1.807, 2.05) is 0 Å². The minimum Gasteiger partial charge on any atom is -0.489 e. The van der Waals surface area contributed by atoms with E-state index in [9.17, 15) is 27.9 Å². The van der Waals surface area contributed by atoms with E-state index in [2.05, 4.69) is 24.7 Å². The highest BCUT2D eigenvalue weighted by Crippen LogP contribution is 2.33. The Labute approximate surface area is 262 Å². The summed E-state index contributed by atoms with van der Waals surface area (Å²) in [4.78, 5) is 51.2. The van der Waals surface area contributed by atoms with Gasteiger partial charge in [-0.25, -0.2) is 9.78 Å². The third kappa shape index (κ3) is 8.51. The number of rotatable bonds is 15. The fourth-order valence-corrected chi connectivity index (χ4v) is 5.56. The number of anilines is 1. The summed E-state index contributed by atoms with van der Waals surface area (Å²) in [6, 6.07) is 5.34. The van der Waals surface area contributed by atoms with Crippen molar-refractivity contribution in [2.45, 2.75) is 63.3 Å². The highest BCUT2D eigenvalue weighted by Gasteiger charge is 2.58. The van der Waals surface area contributed by atoms with E-state index in [1.54, 1.807) is 24.3 Å². The highest BCUT2D eigenvalue weighted by atomic mass is 32.3. The second-order valence-corrected chi connectivity index (χ2v) is 12.6. The van der Waals surface area contributed by atoms with E-state index in [4.69, 9.17) is 25.6 Å². The summed E-state index contributed by atoms with van der Waals surface area (Å²) >= 11 is 0.961. The number of benzene rings is 1. The van der Waals surface area contributed by atoms with Crippen molar-refractivity contribution < 1.29 is 46.3 Å². The first-order valence-corrected chi connectivity index (χ1v) is 15.9. The Hall–Kier alpha value is -4.17. The number of carboxylic acids is 1. The van der Waals surface area contributed by atoms with Crippen molar-refractivity contribution in [2.75, 3.05) is 18.9 Å². The number of hydrogen-bond acceptors (Lipinski definition) is 14. The Morgan fingerprint density at radius 1 is 1.29 bits per heavy atom. The van der Waals surface area contributed by atoms with Crippen molar-refractivity contribution >= 4 is 56.1 Å². The molecule has 0 saturated carbocycles. The number of nitrogens with two attached hydrogens (primary N) is 2. The fraction of sp³-hybridized carbons (Fsp3) is 0.462. The lowest BCUT2D eigenvalue weighted by molar-refractivity contribution is -0.218. The molecule has 2 aromatic rings. The van der Waals surface area contributed by atoms with E-state index in [1.165, 1.54) is 24.9 Å². The van der Waals surface area contributed by atoms with Crippen molar-refractivity contribution in [1.82, 2.24) is 15.4 Å². The van der Waals surface area contributed by atoms with Gasteiger partial charge < -0.3 is 31.5 Å². The average molecular weight is 668 g/mol. The molecule has 3 heterocycles. The molecule has 45 heavy (non-hydrogen) atoms. The zero-order valence-electron chi connectivity index (χ0n) is 24.3. The molecule has 1 unspecified atom stereocenters. The van der Waals surface area contributed by atoms with Gasteiger partial charge in [-0.15, -0.1) is 15.6 Å². The van der Waals surface area contributed by atoms with E-state index in [-0.39, 0.29) is 16.9 Å². The van der Waals surface area contributed by atoms with Crippen LogP contribution < -0.4 is 21.5 Å². The van der Waals surface area contributed by atoms with Crippen LogP contribution in [0.25, 0.3) is 0 Å². The number of thiazole rings is 1. The summed E-state index contributed by atoms with van der Waals surface area (Å²) in [7, 11) is -5.01. The van der Waals surface area contributed by atoms with Gasteiger partial charge in [-0.1, -0.05) is 17.3 Å². The quantitative estimate of drug-likeness (QED) is 0.0764. The van der Waals surface area contributed by atoms with Crippen LogP contribution in [-0.2, 0) is 33.9 Å². The lowest BCUT2D eigenvalue weighted by atomic mass is 9.84. The molecule has 0 bridgehead atoms. The number of carboxylic acid groups (broad SMARTS) is 1. The largest absolute Gasteiger partial charge is 0.489 e. The van der Waals surface area contributed by atoms with Gasteiger partial charge in [0.1, 0.15) is 24.1 Å². The van der Waals surface area contributed by atoms with Crippen LogP contribution >= 0.6 is 11.3 Å². The highest BCUT2D eigenvalue weighted by molar-refractivity contribution is 7.80. The Morgan fingerprint density at radius 2 is 2.00 bits per heavy atom. The molecule has 2 aliphatic heterocycles. The zero-order chi connectivity index (χ0) is 32.9. The number of nitrogens with zero attached hydrogens (tertiary/aromatic N) is 4. The lowest BCUT2D eigenvalue weighted by Gasteiger charge is -2.50. The molecule has 0 spiro atoms. The van der Waals surface area contributed by atoms with Gasteiger partial charge in [0.2, 0.25) is 0 Å². The SMILES string of the molecule is CC1(C)[C@H](NC(=O)/C(=N\O[C@@H](COc2ccc(C(N)CCC3=NCCC3)cc2)C(=O)O)c2csc(N)n2)C(=O)N1OS(=O)(=O)O. The number of aromatic nitrogens is 1. The number of aliphatic carboxylic acids is 1. The number of carbonyl (C=O) groups excluding carboxylic acids is 2. The molecule has 17 nitrogen and oxygen atoms in total. The molecule has 1 aromatic carbocycles. The van der Waals surface area contributed by atoms with Crippen molar-refractivity contribution in [3.8, 4) is 5.75 Å². The predicted molar refractivity (Wildman–Crippen MR) is 161 cm³/mol. The molecule has 1 fully saturated rings. The monoisotopic (exact) mass is 667 g/mol. The number of carbonyl (C=O) groups is 3. The number of oxime groups is 1. The summed E-state index contributed by atoms with van der Waals surface area (Å²) in [6.45, 7) is 3.10. The van der Waals surface area contributed by atoms with E-state index in [0.29, 0.717) is 10.8 Å². The summed E-state index contributed by atoms with van der Waals surface area (Å²) in [5, 5.41) is 17.6. The van der Waals surface area contributed by atoms with E-state index < -0.39 is 58.2 Å². The van der Waals surface area contributed by atoms with E-state index in [0.717, 1.165) is 49.1 Å². The Morgan fingerprint density at radius 3 is 2.56 bits per heavy atom. The summed E-state index contributed by atoms with van der Waals surface area (Å²) in [5.41, 5.74) is 12.0. The molecule has 2 amide bonds. The standard InChI is InChI=1S/C26H33N7O10S2/c1-26(2)21(23(35)33(26)43-45(38,39)40)31-22(34)20(18-13-44-25(28)30-18)32-42-19(24(36)37)12-41-16-8-5-14(6-9-16)17(27)10-7-15-4-3-11-29-15/h5-6,8-9,13,17,19,21H,3-4,7,10-12,27H2,1-2H3,(H2,28,30)(H,31,34)(H,36,37)(H,38,39,40)/b32-20-/t17?,19-,21+/m0/s1. The maximum Gasteiger partial charge on any atom is 0.418 e. The molecule has 2 aliphatic rings. The maximum atomic E-state index is 13.2. The molecule has 0 radical (unpaired) electrons. The Balaban J connectivity index is 1.40. The van der Waals surface area contributed by atoms with Gasteiger partial charge in [0, 0.05) is 23.7 Å². The van der Waals surface area contributed by atoms with Crippen molar-refractivity contribution in [3.05, 3.63) is 40.9 Å². The maximum absolute atomic E-state index is 13.2. The van der Waals surface area contributed by atoms with Gasteiger partial charge in [0.25, 0.3) is 17.9 Å². The van der Waals surface area contributed by atoms with Crippen molar-refractivity contribution in [1.29, 1.82) is 0 Å². The number of β-lactam (4-membered cyclic amide) rings is 1. The van der Waals surface area contributed by atoms with Gasteiger partial charge in [0.05, 0.1) is 5.54 Å². The predicted octanol–water partition coefficient (Wildman–Crippen LogP) is 0.833. The second-order valence-electron chi connectivity index (χ2n) is 10.7. The first kappa shape index (κ1) is 33.7. The molecule has 1 saturated heterocycles. The first-order chi connectivity index (χ1) is 21.2. The number of aliphatic imine (C=N–C) groups is 1. The lowest BCUT2D eigenvalue weighted by Crippen LogP contribution is -2.76. The molecule has 3 atom stereocenters. The van der Waals surface area contributed by atoms with Gasteiger partial charge in [-0.3, -0.25) is 19.1 Å². The smallest absolute Gasteiger partial charge is 0.418 e. The van der Waals surface area contributed by atoms with Gasteiger partial charge in [0.15, 0.2) is 10.8 Å². The topological polar surface area (TPSA) is 258 Å². The Bertz CT molecular complexity index is 1590. The second kappa shape index (κ2) is 13.9.